The lowest BCUT2D eigenvalue weighted by Crippen LogP contribution is -2.55. The molecule has 0 spiro atoms. The summed E-state index contributed by atoms with van der Waals surface area (Å²) in [6.45, 7) is 0.376. The minimum absolute atomic E-state index is 0.0774. The predicted molar refractivity (Wildman–Crippen MR) is 79.3 cm³/mol. The Morgan fingerprint density at radius 2 is 2.09 bits per heavy atom. The van der Waals surface area contributed by atoms with Crippen LogP contribution in [0.5, 0.6) is 5.75 Å². The average Bonchev–Trinajstić information content (AvgIpc) is 3.09. The van der Waals surface area contributed by atoms with Gasteiger partial charge in [-0.1, -0.05) is 0 Å². The summed E-state index contributed by atoms with van der Waals surface area (Å²) in [6.07, 6.45) is -0.610. The molecule has 22 heavy (non-hydrogen) atoms. The van der Waals surface area contributed by atoms with Crippen LogP contribution in [0.4, 0.5) is 5.69 Å². The Labute approximate surface area is 131 Å². The fraction of sp³-hybridized carbons (Fsp3) is 0.385. The highest BCUT2D eigenvalue weighted by molar-refractivity contribution is 7.80. The summed E-state index contributed by atoms with van der Waals surface area (Å²) in [5, 5.41) is 13.1. The number of hydrogen-bond acceptors (Lipinski definition) is 7. The zero-order valence-corrected chi connectivity index (χ0v) is 12.2. The summed E-state index contributed by atoms with van der Waals surface area (Å²) in [4.78, 5) is 11.9. The number of phenolic OH excluding ortho intramolecular Hbond substituents is 1. The van der Waals surface area contributed by atoms with Gasteiger partial charge in [-0.15, -0.1) is 5.53 Å². The van der Waals surface area contributed by atoms with Gasteiger partial charge in [-0.25, -0.2) is 0 Å². The second-order valence-corrected chi connectivity index (χ2v) is 5.70. The number of ether oxygens (including phenoxy) is 2. The van der Waals surface area contributed by atoms with Crippen molar-refractivity contribution in [3.63, 3.8) is 0 Å². The van der Waals surface area contributed by atoms with E-state index in [-0.39, 0.29) is 23.7 Å². The third-order valence-electron chi connectivity index (χ3n) is 3.89. The van der Waals surface area contributed by atoms with Crippen molar-refractivity contribution >= 4 is 28.8 Å². The van der Waals surface area contributed by atoms with Gasteiger partial charge in [0.15, 0.2) is 5.78 Å². The number of aromatic hydroxyl groups is 1. The van der Waals surface area contributed by atoms with E-state index in [4.69, 9.17) is 21.7 Å². The van der Waals surface area contributed by atoms with Gasteiger partial charge >= 0.3 is 0 Å². The lowest BCUT2D eigenvalue weighted by atomic mass is 10.0. The molecule has 1 aromatic carbocycles. The lowest BCUT2D eigenvalue weighted by Gasteiger charge is -2.33. The summed E-state index contributed by atoms with van der Waals surface area (Å²) in [6, 6.07) is 6.39. The number of fused-ring (bicyclic) bond motifs is 2. The molecule has 2 bridgehead atoms. The SMILES string of the molecule is O=C1CC(N2NN(c3ccc(O)cc3)NC2=S)C2COC1O2. The van der Waals surface area contributed by atoms with Crippen molar-refractivity contribution in [2.24, 2.45) is 0 Å². The molecular formula is C13H14N4O4S. The maximum absolute atomic E-state index is 11.9. The number of thiocarbonyl (C=S) groups is 1. The van der Waals surface area contributed by atoms with E-state index in [2.05, 4.69) is 11.0 Å². The van der Waals surface area contributed by atoms with Crippen LogP contribution in [0, 0.1) is 0 Å². The molecule has 4 rings (SSSR count). The molecule has 3 aliphatic heterocycles. The molecule has 3 heterocycles. The van der Waals surface area contributed by atoms with E-state index < -0.39 is 6.29 Å². The zero-order valence-electron chi connectivity index (χ0n) is 11.4. The van der Waals surface area contributed by atoms with Gasteiger partial charge in [0.2, 0.25) is 11.4 Å². The number of benzene rings is 1. The Kier molecular flexibility index (Phi) is 3.15. The van der Waals surface area contributed by atoms with Crippen LogP contribution in [0.1, 0.15) is 6.42 Å². The Bertz CT molecular complexity index is 625. The molecule has 3 aliphatic rings. The van der Waals surface area contributed by atoms with Gasteiger partial charge in [-0.2, -0.15) is 5.12 Å². The number of hydrazine groups is 3. The van der Waals surface area contributed by atoms with Gasteiger partial charge in [0.1, 0.15) is 11.9 Å². The number of anilines is 1. The van der Waals surface area contributed by atoms with Gasteiger partial charge in [0.05, 0.1) is 18.3 Å². The highest BCUT2D eigenvalue weighted by Gasteiger charge is 2.48. The molecule has 3 unspecified atom stereocenters. The first-order valence-corrected chi connectivity index (χ1v) is 7.28. The van der Waals surface area contributed by atoms with Crippen molar-refractivity contribution in [1.82, 2.24) is 16.0 Å². The third-order valence-corrected chi connectivity index (χ3v) is 4.17. The van der Waals surface area contributed by atoms with Crippen molar-refractivity contribution in [2.75, 3.05) is 11.7 Å². The van der Waals surface area contributed by atoms with E-state index in [1.807, 2.05) is 0 Å². The minimum Gasteiger partial charge on any atom is -0.508 e. The first-order valence-electron chi connectivity index (χ1n) is 6.87. The van der Waals surface area contributed by atoms with E-state index >= 15 is 0 Å². The number of nitrogens with one attached hydrogen (secondary N) is 2. The normalized spacial score (nSPS) is 30.8. The van der Waals surface area contributed by atoms with Crippen LogP contribution < -0.4 is 16.1 Å². The molecule has 0 aromatic heterocycles. The smallest absolute Gasteiger partial charge is 0.218 e. The van der Waals surface area contributed by atoms with Crippen molar-refractivity contribution < 1.29 is 19.4 Å². The molecule has 3 atom stereocenters. The number of Topliss-reactive ketones (excluding diaryl/α,β-unsaturated/α-hetero) is 1. The maximum atomic E-state index is 11.9. The lowest BCUT2D eigenvalue weighted by molar-refractivity contribution is -0.157. The van der Waals surface area contributed by atoms with Gasteiger partial charge in [-0.05, 0) is 36.5 Å². The van der Waals surface area contributed by atoms with Crippen molar-refractivity contribution in [1.29, 1.82) is 0 Å². The number of nitrogens with zero attached hydrogens (tertiary/aromatic N) is 2. The van der Waals surface area contributed by atoms with E-state index in [1.54, 1.807) is 34.4 Å². The quantitative estimate of drug-likeness (QED) is 0.641. The van der Waals surface area contributed by atoms with E-state index in [0.717, 1.165) is 5.69 Å². The number of ketones is 1. The maximum Gasteiger partial charge on any atom is 0.218 e. The number of carbonyl (C=O) groups excluding carboxylic acids is 1. The Hall–Kier alpha value is -1.94. The number of carbonyl (C=O) groups is 1. The molecule has 0 amide bonds. The van der Waals surface area contributed by atoms with Crippen LogP contribution in [0.15, 0.2) is 24.3 Å². The van der Waals surface area contributed by atoms with Crippen molar-refractivity contribution in [3.05, 3.63) is 24.3 Å². The second-order valence-electron chi connectivity index (χ2n) is 5.32. The molecule has 0 aliphatic carbocycles. The zero-order chi connectivity index (χ0) is 15.3. The highest BCUT2D eigenvalue weighted by atomic mass is 32.1. The summed E-state index contributed by atoms with van der Waals surface area (Å²) >= 11 is 5.33. The van der Waals surface area contributed by atoms with E-state index in [9.17, 15) is 9.90 Å². The highest BCUT2D eigenvalue weighted by Crippen LogP contribution is 2.29. The standard InChI is InChI=1S/C13H14N4O4S/c18-8-3-1-7(2-4-8)17-14-13(22)16(15-17)9-5-10(19)12-20-6-11(9)21-12/h1-4,9,11-12,15,18H,5-6H2,(H,14,22). The van der Waals surface area contributed by atoms with E-state index in [0.29, 0.717) is 18.1 Å². The Morgan fingerprint density at radius 1 is 1.32 bits per heavy atom. The largest absolute Gasteiger partial charge is 0.508 e. The van der Waals surface area contributed by atoms with Gasteiger partial charge < -0.3 is 14.6 Å². The molecule has 1 aromatic rings. The minimum atomic E-state index is -0.724. The first kappa shape index (κ1) is 13.7. The van der Waals surface area contributed by atoms with Crippen LogP contribution in [-0.4, -0.2) is 46.1 Å². The molecule has 3 saturated heterocycles. The molecule has 9 heteroatoms. The van der Waals surface area contributed by atoms with Crippen LogP contribution in [0.25, 0.3) is 0 Å². The molecule has 0 radical (unpaired) electrons. The summed E-state index contributed by atoms with van der Waals surface area (Å²) in [5.74, 6) is 0.106. The van der Waals surface area contributed by atoms with Crippen LogP contribution in [0.3, 0.4) is 0 Å². The van der Waals surface area contributed by atoms with Gasteiger partial charge in [0.25, 0.3) is 0 Å². The Morgan fingerprint density at radius 3 is 2.86 bits per heavy atom. The van der Waals surface area contributed by atoms with Gasteiger partial charge in [0, 0.05) is 6.42 Å². The van der Waals surface area contributed by atoms with Crippen LogP contribution in [-0.2, 0) is 14.3 Å². The second kappa shape index (κ2) is 5.06. The van der Waals surface area contributed by atoms with E-state index in [1.165, 1.54) is 0 Å². The third kappa shape index (κ3) is 2.18. The predicted octanol–water partition coefficient (Wildman–Crippen LogP) is -0.194. The molecule has 0 saturated carbocycles. The number of phenols is 1. The number of rotatable bonds is 2. The van der Waals surface area contributed by atoms with Crippen molar-refractivity contribution in [3.8, 4) is 5.75 Å². The van der Waals surface area contributed by atoms with Gasteiger partial charge in [-0.3, -0.25) is 15.2 Å². The fourth-order valence-corrected chi connectivity index (χ4v) is 3.03. The summed E-state index contributed by atoms with van der Waals surface area (Å²) in [7, 11) is 0. The fourth-order valence-electron chi connectivity index (χ4n) is 2.76. The average molecular weight is 322 g/mol. The van der Waals surface area contributed by atoms with Crippen molar-refractivity contribution in [2.45, 2.75) is 24.9 Å². The molecular weight excluding hydrogens is 308 g/mol. The first-order chi connectivity index (χ1) is 10.6. The molecule has 116 valence electrons. The Balaban J connectivity index is 1.52. The summed E-state index contributed by atoms with van der Waals surface area (Å²) < 4.78 is 10.9. The van der Waals surface area contributed by atoms with Crippen LogP contribution in [0.2, 0.25) is 0 Å². The molecule has 8 nitrogen and oxygen atoms in total. The monoisotopic (exact) mass is 322 g/mol. The van der Waals surface area contributed by atoms with Crippen LogP contribution >= 0.6 is 12.2 Å². The summed E-state index contributed by atoms with van der Waals surface area (Å²) in [5.41, 5.74) is 6.86. The molecule has 3 fully saturated rings. The molecule has 3 N–H and O–H groups in total. The topological polar surface area (TPSA) is 86.3 Å². The number of hydrogen-bond donors (Lipinski definition) is 3.